The standard InChI is InChI=1S/C20H20ClNO4S/c1-25-16-11-15(20(22)18(12-16)26-10-9-21)13-27(23,24)19-8-4-6-14-5-2-3-7-17(14)19/h2-8,11-12H,9-10,13,22H2,1H3. The summed E-state index contributed by atoms with van der Waals surface area (Å²) in [5, 5.41) is 1.54. The van der Waals surface area contributed by atoms with Crippen LogP contribution in [0, 0.1) is 0 Å². The molecule has 0 aliphatic heterocycles. The molecule has 0 radical (unpaired) electrons. The zero-order chi connectivity index (χ0) is 19.4. The van der Waals surface area contributed by atoms with Gasteiger partial charge in [0, 0.05) is 11.5 Å². The van der Waals surface area contributed by atoms with E-state index in [0.29, 0.717) is 28.3 Å². The van der Waals surface area contributed by atoms with E-state index in [2.05, 4.69) is 0 Å². The first kappa shape index (κ1) is 19.3. The number of nitrogen functional groups attached to an aromatic ring is 1. The molecule has 3 aromatic rings. The molecule has 2 N–H and O–H groups in total. The van der Waals surface area contributed by atoms with Gasteiger partial charge in [0.25, 0.3) is 0 Å². The van der Waals surface area contributed by atoms with E-state index >= 15 is 0 Å². The van der Waals surface area contributed by atoms with E-state index in [1.807, 2.05) is 24.3 Å². The average Bonchev–Trinajstić information content (AvgIpc) is 2.67. The monoisotopic (exact) mass is 405 g/mol. The Bertz CT molecular complexity index is 1060. The van der Waals surface area contributed by atoms with Crippen molar-refractivity contribution in [2.75, 3.05) is 25.3 Å². The molecule has 0 fully saturated rings. The van der Waals surface area contributed by atoms with Crippen molar-refractivity contribution in [2.45, 2.75) is 10.6 Å². The number of anilines is 1. The first-order valence-corrected chi connectivity index (χ1v) is 10.5. The van der Waals surface area contributed by atoms with Crippen LogP contribution in [0.1, 0.15) is 5.56 Å². The molecule has 0 aliphatic carbocycles. The molecular formula is C20H20ClNO4S. The minimum Gasteiger partial charge on any atom is -0.497 e. The van der Waals surface area contributed by atoms with E-state index < -0.39 is 9.84 Å². The summed E-state index contributed by atoms with van der Waals surface area (Å²) in [6, 6.07) is 15.8. The predicted octanol–water partition coefficient (Wildman–Crippen LogP) is 4.02. The Morgan fingerprint density at radius 3 is 2.56 bits per heavy atom. The molecule has 0 heterocycles. The minimum absolute atomic E-state index is 0.258. The number of halogens is 1. The zero-order valence-electron chi connectivity index (χ0n) is 14.8. The van der Waals surface area contributed by atoms with Gasteiger partial charge in [-0.25, -0.2) is 8.42 Å². The second-order valence-electron chi connectivity index (χ2n) is 5.97. The highest BCUT2D eigenvalue weighted by Gasteiger charge is 2.21. The highest BCUT2D eigenvalue weighted by atomic mass is 35.5. The summed E-state index contributed by atoms with van der Waals surface area (Å²) >= 11 is 5.67. The van der Waals surface area contributed by atoms with E-state index in [1.165, 1.54) is 7.11 Å². The van der Waals surface area contributed by atoms with Crippen molar-refractivity contribution in [1.29, 1.82) is 0 Å². The third kappa shape index (κ3) is 4.12. The third-order valence-corrected chi connectivity index (χ3v) is 6.07. The summed E-state index contributed by atoms with van der Waals surface area (Å²) in [7, 11) is -2.14. The van der Waals surface area contributed by atoms with Crippen molar-refractivity contribution in [1.82, 2.24) is 0 Å². The molecule has 0 unspecified atom stereocenters. The highest BCUT2D eigenvalue weighted by molar-refractivity contribution is 7.90. The molecular weight excluding hydrogens is 386 g/mol. The van der Waals surface area contributed by atoms with Gasteiger partial charge in [-0.3, -0.25) is 0 Å². The Labute approximate surface area is 163 Å². The van der Waals surface area contributed by atoms with Gasteiger partial charge in [-0.1, -0.05) is 36.4 Å². The number of hydrogen-bond acceptors (Lipinski definition) is 5. The second-order valence-corrected chi connectivity index (χ2v) is 8.31. The van der Waals surface area contributed by atoms with E-state index in [1.54, 1.807) is 30.3 Å². The summed E-state index contributed by atoms with van der Waals surface area (Å²) in [4.78, 5) is 0.269. The summed E-state index contributed by atoms with van der Waals surface area (Å²) in [6.45, 7) is 0.258. The lowest BCUT2D eigenvalue weighted by Crippen LogP contribution is -2.10. The van der Waals surface area contributed by atoms with Gasteiger partial charge >= 0.3 is 0 Å². The fourth-order valence-corrected chi connectivity index (χ4v) is 4.60. The van der Waals surface area contributed by atoms with Crippen molar-refractivity contribution in [3.05, 3.63) is 60.2 Å². The number of benzene rings is 3. The van der Waals surface area contributed by atoms with Crippen LogP contribution in [0.4, 0.5) is 5.69 Å². The van der Waals surface area contributed by atoms with E-state index in [4.69, 9.17) is 26.8 Å². The van der Waals surface area contributed by atoms with Crippen LogP contribution in [0.5, 0.6) is 11.5 Å². The van der Waals surface area contributed by atoms with E-state index in [0.717, 1.165) is 5.39 Å². The van der Waals surface area contributed by atoms with E-state index in [-0.39, 0.29) is 22.9 Å². The Morgan fingerprint density at radius 1 is 1.07 bits per heavy atom. The lowest BCUT2D eigenvalue weighted by Gasteiger charge is -2.15. The fourth-order valence-electron chi connectivity index (χ4n) is 2.91. The number of nitrogens with two attached hydrogens (primary N) is 1. The van der Waals surface area contributed by atoms with Gasteiger partial charge in [-0.05, 0) is 23.1 Å². The number of hydrogen-bond donors (Lipinski definition) is 1. The number of fused-ring (bicyclic) bond motifs is 1. The number of ether oxygens (including phenoxy) is 2. The summed E-state index contributed by atoms with van der Waals surface area (Å²) in [6.07, 6.45) is 0. The van der Waals surface area contributed by atoms with E-state index in [9.17, 15) is 8.42 Å². The number of sulfone groups is 1. The van der Waals surface area contributed by atoms with Crippen molar-refractivity contribution in [3.63, 3.8) is 0 Å². The Balaban J connectivity index is 2.05. The lowest BCUT2D eigenvalue weighted by atomic mass is 10.1. The first-order valence-electron chi connectivity index (χ1n) is 8.32. The highest BCUT2D eigenvalue weighted by Crippen LogP contribution is 2.34. The molecule has 7 heteroatoms. The van der Waals surface area contributed by atoms with Crippen LogP contribution >= 0.6 is 11.6 Å². The molecule has 5 nitrogen and oxygen atoms in total. The molecule has 142 valence electrons. The van der Waals surface area contributed by atoms with Crippen molar-refractivity contribution >= 4 is 37.9 Å². The lowest BCUT2D eigenvalue weighted by molar-refractivity contribution is 0.340. The Morgan fingerprint density at radius 2 is 1.81 bits per heavy atom. The Kier molecular flexibility index (Phi) is 5.77. The van der Waals surface area contributed by atoms with Crippen LogP contribution in [0.15, 0.2) is 59.5 Å². The summed E-state index contributed by atoms with van der Waals surface area (Å²) in [5.74, 6) is 0.858. The predicted molar refractivity (Wildman–Crippen MR) is 108 cm³/mol. The fraction of sp³-hybridized carbons (Fsp3) is 0.200. The number of methoxy groups -OCH3 is 1. The van der Waals surface area contributed by atoms with Gasteiger partial charge in [0.2, 0.25) is 0 Å². The molecule has 0 saturated heterocycles. The van der Waals surface area contributed by atoms with Crippen molar-refractivity contribution in [2.24, 2.45) is 0 Å². The number of alkyl halides is 1. The van der Waals surface area contributed by atoms with Crippen LogP contribution < -0.4 is 15.2 Å². The van der Waals surface area contributed by atoms with Gasteiger partial charge in [-0.2, -0.15) is 0 Å². The maximum atomic E-state index is 13.1. The van der Waals surface area contributed by atoms with Crippen LogP contribution in [0.25, 0.3) is 10.8 Å². The zero-order valence-corrected chi connectivity index (χ0v) is 16.4. The maximum Gasteiger partial charge on any atom is 0.183 e. The second kappa shape index (κ2) is 8.06. The SMILES string of the molecule is COc1cc(CS(=O)(=O)c2cccc3ccccc23)c(N)c(OCCCl)c1. The molecule has 0 aliphatic rings. The van der Waals surface area contributed by atoms with Gasteiger partial charge in [0.1, 0.15) is 18.1 Å². The van der Waals surface area contributed by atoms with Crippen molar-refractivity contribution in [3.8, 4) is 11.5 Å². The summed E-state index contributed by atoms with van der Waals surface area (Å²) < 4.78 is 37.1. The molecule has 0 bridgehead atoms. The normalized spacial score (nSPS) is 11.5. The van der Waals surface area contributed by atoms with Crippen LogP contribution in [-0.2, 0) is 15.6 Å². The average molecular weight is 406 g/mol. The largest absolute Gasteiger partial charge is 0.497 e. The molecule has 0 spiro atoms. The van der Waals surface area contributed by atoms with Gasteiger partial charge in [-0.15, -0.1) is 11.6 Å². The molecule has 0 saturated carbocycles. The summed E-state index contributed by atoms with van der Waals surface area (Å²) in [5.41, 5.74) is 6.85. The minimum atomic E-state index is -3.64. The van der Waals surface area contributed by atoms with Crippen LogP contribution in [0.2, 0.25) is 0 Å². The van der Waals surface area contributed by atoms with Gasteiger partial charge in [0.05, 0.1) is 29.3 Å². The Hall–Kier alpha value is -2.44. The van der Waals surface area contributed by atoms with Crippen LogP contribution in [-0.4, -0.2) is 28.0 Å². The molecule has 27 heavy (non-hydrogen) atoms. The smallest absolute Gasteiger partial charge is 0.183 e. The maximum absolute atomic E-state index is 13.1. The topological polar surface area (TPSA) is 78.6 Å². The third-order valence-electron chi connectivity index (χ3n) is 4.20. The molecule has 0 atom stereocenters. The molecule has 0 aromatic heterocycles. The quantitative estimate of drug-likeness (QED) is 0.474. The van der Waals surface area contributed by atoms with Gasteiger partial charge in [0.15, 0.2) is 9.84 Å². The number of rotatable bonds is 7. The van der Waals surface area contributed by atoms with Gasteiger partial charge < -0.3 is 15.2 Å². The molecule has 3 aromatic carbocycles. The van der Waals surface area contributed by atoms with Crippen molar-refractivity contribution < 1.29 is 17.9 Å². The van der Waals surface area contributed by atoms with Crippen LogP contribution in [0.3, 0.4) is 0 Å². The molecule has 3 rings (SSSR count). The molecule has 0 amide bonds. The first-order chi connectivity index (χ1) is 13.0.